The van der Waals surface area contributed by atoms with E-state index in [1.54, 1.807) is 24.3 Å². The average Bonchev–Trinajstić information content (AvgIpc) is 2.86. The number of ether oxygens (including phenoxy) is 2. The third-order valence-electron chi connectivity index (χ3n) is 6.47. The summed E-state index contributed by atoms with van der Waals surface area (Å²) >= 11 is 0. The van der Waals surface area contributed by atoms with Crippen LogP contribution in [0, 0.1) is 16.7 Å². The maximum Gasteiger partial charge on any atom is 0.331 e. The lowest BCUT2D eigenvalue weighted by Gasteiger charge is -2.33. The van der Waals surface area contributed by atoms with Gasteiger partial charge in [0, 0.05) is 12.0 Å². The van der Waals surface area contributed by atoms with Gasteiger partial charge in [-0.2, -0.15) is 0 Å². The molecule has 3 unspecified atom stereocenters. The fourth-order valence-electron chi connectivity index (χ4n) is 4.48. The van der Waals surface area contributed by atoms with Gasteiger partial charge in [0.25, 0.3) is 0 Å². The normalized spacial score (nSPS) is 30.7. The van der Waals surface area contributed by atoms with Crippen LogP contribution in [0.15, 0.2) is 24.3 Å². The van der Waals surface area contributed by atoms with Crippen LogP contribution in [-0.2, 0) is 9.53 Å². The first-order valence-corrected chi connectivity index (χ1v) is 8.52. The van der Waals surface area contributed by atoms with E-state index in [9.17, 15) is 9.90 Å². The Morgan fingerprint density at radius 2 is 2.08 bits per heavy atom. The molecule has 2 aliphatic rings. The number of fused-ring (bicyclic) bond motifs is 2. The van der Waals surface area contributed by atoms with Crippen LogP contribution < -0.4 is 4.74 Å². The molecule has 2 aliphatic carbocycles. The van der Waals surface area contributed by atoms with Crippen LogP contribution in [-0.4, -0.2) is 24.3 Å². The lowest BCUT2D eigenvalue weighted by atomic mass is 9.71. The number of carbonyl (C=O) groups is 1. The number of rotatable bonds is 4. The van der Waals surface area contributed by atoms with E-state index < -0.39 is 0 Å². The number of esters is 1. The summed E-state index contributed by atoms with van der Waals surface area (Å²) in [6.07, 6.45) is 6.47. The van der Waals surface area contributed by atoms with Crippen LogP contribution in [0.4, 0.5) is 0 Å². The molecule has 0 amide bonds. The zero-order chi connectivity index (χ0) is 17.5. The molecule has 3 atom stereocenters. The zero-order valence-corrected chi connectivity index (χ0v) is 14.8. The molecule has 130 valence electrons. The summed E-state index contributed by atoms with van der Waals surface area (Å²) in [5.41, 5.74) is 1.28. The van der Waals surface area contributed by atoms with Gasteiger partial charge in [0.2, 0.25) is 0 Å². The van der Waals surface area contributed by atoms with Crippen molar-refractivity contribution >= 4 is 12.0 Å². The first kappa shape index (κ1) is 16.9. The molecule has 0 aromatic heterocycles. The molecule has 2 fully saturated rings. The summed E-state index contributed by atoms with van der Waals surface area (Å²) in [5, 5.41) is 9.60. The molecule has 4 nitrogen and oxygen atoms in total. The van der Waals surface area contributed by atoms with Crippen LogP contribution in [0.3, 0.4) is 0 Å². The number of benzene rings is 1. The van der Waals surface area contributed by atoms with Gasteiger partial charge in [0.1, 0.15) is 6.10 Å². The van der Waals surface area contributed by atoms with Gasteiger partial charge in [-0.25, -0.2) is 4.79 Å². The maximum atomic E-state index is 12.2. The van der Waals surface area contributed by atoms with Crippen molar-refractivity contribution < 1.29 is 19.4 Å². The fraction of sp³-hybridized carbons (Fsp3) is 0.550. The van der Waals surface area contributed by atoms with Crippen molar-refractivity contribution in [1.29, 1.82) is 0 Å². The Labute approximate surface area is 143 Å². The highest BCUT2D eigenvalue weighted by Gasteiger charge is 2.61. The topological polar surface area (TPSA) is 55.8 Å². The van der Waals surface area contributed by atoms with E-state index in [1.165, 1.54) is 19.6 Å². The van der Waals surface area contributed by atoms with E-state index in [4.69, 9.17) is 9.47 Å². The Bertz CT molecular complexity index is 673. The predicted octanol–water partition coefficient (Wildman–Crippen LogP) is 4.17. The van der Waals surface area contributed by atoms with Gasteiger partial charge in [0.05, 0.1) is 7.11 Å². The smallest absolute Gasteiger partial charge is 0.331 e. The molecule has 0 heterocycles. The Morgan fingerprint density at radius 3 is 2.67 bits per heavy atom. The van der Waals surface area contributed by atoms with Crippen molar-refractivity contribution in [1.82, 2.24) is 0 Å². The van der Waals surface area contributed by atoms with Crippen LogP contribution in [0.1, 0.15) is 45.6 Å². The van der Waals surface area contributed by atoms with Crippen LogP contribution in [0.5, 0.6) is 11.5 Å². The molecule has 1 aromatic rings. The van der Waals surface area contributed by atoms with E-state index in [0.717, 1.165) is 18.4 Å². The molecule has 0 radical (unpaired) electrons. The van der Waals surface area contributed by atoms with Gasteiger partial charge in [-0.3, -0.25) is 0 Å². The number of aromatic hydroxyl groups is 1. The minimum atomic E-state index is -0.306. The van der Waals surface area contributed by atoms with E-state index in [-0.39, 0.29) is 28.7 Å². The number of methoxy groups -OCH3 is 1. The third-order valence-corrected chi connectivity index (χ3v) is 6.47. The molecule has 1 N–H and O–H groups in total. The summed E-state index contributed by atoms with van der Waals surface area (Å²) in [6, 6.07) is 4.95. The molecule has 3 rings (SSSR count). The van der Waals surface area contributed by atoms with E-state index in [1.807, 2.05) is 0 Å². The van der Waals surface area contributed by atoms with E-state index in [0.29, 0.717) is 11.7 Å². The molecular weight excluding hydrogens is 304 g/mol. The fourth-order valence-corrected chi connectivity index (χ4v) is 4.48. The first-order valence-electron chi connectivity index (χ1n) is 8.52. The molecule has 2 bridgehead atoms. The summed E-state index contributed by atoms with van der Waals surface area (Å²) in [7, 11) is 1.49. The van der Waals surface area contributed by atoms with Gasteiger partial charge in [0.15, 0.2) is 11.5 Å². The molecule has 1 aromatic carbocycles. The van der Waals surface area contributed by atoms with Crippen molar-refractivity contribution in [2.24, 2.45) is 16.7 Å². The summed E-state index contributed by atoms with van der Waals surface area (Å²) in [4.78, 5) is 12.2. The largest absolute Gasteiger partial charge is 0.504 e. The molecule has 24 heavy (non-hydrogen) atoms. The van der Waals surface area contributed by atoms with Crippen molar-refractivity contribution in [2.75, 3.05) is 7.11 Å². The van der Waals surface area contributed by atoms with Gasteiger partial charge < -0.3 is 14.6 Å². The predicted molar refractivity (Wildman–Crippen MR) is 92.8 cm³/mol. The number of hydrogen-bond donors (Lipinski definition) is 1. The quantitative estimate of drug-likeness (QED) is 0.665. The third kappa shape index (κ3) is 2.68. The Balaban J connectivity index is 1.65. The second-order valence-electron chi connectivity index (χ2n) is 7.87. The van der Waals surface area contributed by atoms with Crippen molar-refractivity contribution in [3.63, 3.8) is 0 Å². The highest BCUT2D eigenvalue weighted by molar-refractivity contribution is 5.87. The van der Waals surface area contributed by atoms with Gasteiger partial charge >= 0.3 is 5.97 Å². The highest BCUT2D eigenvalue weighted by atomic mass is 16.5. The minimum Gasteiger partial charge on any atom is -0.504 e. The average molecular weight is 330 g/mol. The highest BCUT2D eigenvalue weighted by Crippen LogP contribution is 2.66. The molecular formula is C20H26O4. The van der Waals surface area contributed by atoms with Crippen LogP contribution in [0.2, 0.25) is 0 Å². The van der Waals surface area contributed by atoms with E-state index in [2.05, 4.69) is 20.8 Å². The molecule has 4 heteroatoms. The SMILES string of the molecule is COc1cc(C=CC(=O)OC2CC3(C)CCC2C3(C)C)ccc1O. The van der Waals surface area contributed by atoms with Crippen molar-refractivity contribution in [2.45, 2.75) is 46.1 Å². The lowest BCUT2D eigenvalue weighted by molar-refractivity contribution is -0.146. The van der Waals surface area contributed by atoms with Crippen molar-refractivity contribution in [3.05, 3.63) is 29.8 Å². The Morgan fingerprint density at radius 1 is 1.33 bits per heavy atom. The second kappa shape index (κ2) is 5.83. The van der Waals surface area contributed by atoms with Gasteiger partial charge in [-0.05, 0) is 53.9 Å². The van der Waals surface area contributed by atoms with E-state index >= 15 is 0 Å². The van der Waals surface area contributed by atoms with Gasteiger partial charge in [-0.1, -0.05) is 26.8 Å². The summed E-state index contributed by atoms with van der Waals surface area (Å²) in [6.45, 7) is 6.92. The lowest BCUT2D eigenvalue weighted by Crippen LogP contribution is -2.27. The maximum absolute atomic E-state index is 12.2. The number of phenols is 1. The summed E-state index contributed by atoms with van der Waals surface area (Å²) < 4.78 is 10.8. The van der Waals surface area contributed by atoms with Crippen molar-refractivity contribution in [3.8, 4) is 11.5 Å². The first-order chi connectivity index (χ1) is 11.3. The van der Waals surface area contributed by atoms with Gasteiger partial charge in [-0.15, -0.1) is 0 Å². The number of hydrogen-bond acceptors (Lipinski definition) is 4. The molecule has 0 saturated heterocycles. The standard InChI is InChI=1S/C20H26O4/c1-19(2)14-9-10-20(19,3)12-17(14)24-18(22)8-6-13-5-7-15(21)16(11-13)23-4/h5-8,11,14,17,21H,9-10,12H2,1-4H3. The summed E-state index contributed by atoms with van der Waals surface area (Å²) in [5.74, 6) is 0.607. The minimum absolute atomic E-state index is 0.0188. The monoisotopic (exact) mass is 330 g/mol. The molecule has 2 saturated carbocycles. The zero-order valence-electron chi connectivity index (χ0n) is 14.8. The number of phenolic OH excluding ortho intramolecular Hbond substituents is 1. The second-order valence-corrected chi connectivity index (χ2v) is 7.87. The Hall–Kier alpha value is -1.97. The Kier molecular flexibility index (Phi) is 4.10. The van der Waals surface area contributed by atoms with Crippen LogP contribution >= 0.6 is 0 Å². The molecule has 0 aliphatic heterocycles. The molecule has 0 spiro atoms. The van der Waals surface area contributed by atoms with Crippen LogP contribution in [0.25, 0.3) is 6.08 Å². The number of carbonyl (C=O) groups excluding carboxylic acids is 1.